The van der Waals surface area contributed by atoms with Crippen molar-refractivity contribution in [2.24, 2.45) is 0 Å². The number of nitrogens with one attached hydrogen (secondary N) is 1. The van der Waals surface area contributed by atoms with Crippen molar-refractivity contribution in [1.82, 2.24) is 9.80 Å². The van der Waals surface area contributed by atoms with E-state index in [1.165, 1.54) is 0 Å². The van der Waals surface area contributed by atoms with Crippen molar-refractivity contribution < 1.29 is 14.3 Å². The Labute approximate surface area is 172 Å². The lowest BCUT2D eigenvalue weighted by Crippen LogP contribution is -2.50. The standard InChI is InChI=1S/C23H29N3O3/c1-18-8-9-19(2)21(16-18)29-15-10-23(28)26-13-11-25(12-14-26)17-22(27)24-20-6-4-3-5-7-20/h3-9,16H,10-15,17H2,1-2H3,(H,24,27). The molecule has 1 aliphatic rings. The van der Waals surface area contributed by atoms with Crippen LogP contribution in [0.3, 0.4) is 0 Å². The van der Waals surface area contributed by atoms with Crippen LogP contribution in [0.25, 0.3) is 0 Å². The van der Waals surface area contributed by atoms with Crippen molar-refractivity contribution in [2.45, 2.75) is 20.3 Å². The molecule has 154 valence electrons. The number of hydrogen-bond acceptors (Lipinski definition) is 4. The first-order valence-corrected chi connectivity index (χ1v) is 10.1. The molecule has 1 fully saturated rings. The number of ether oxygens (including phenoxy) is 1. The number of nitrogens with zero attached hydrogens (tertiary/aromatic N) is 2. The highest BCUT2D eigenvalue weighted by atomic mass is 16.5. The van der Waals surface area contributed by atoms with E-state index in [4.69, 9.17) is 4.74 Å². The maximum atomic E-state index is 12.5. The van der Waals surface area contributed by atoms with Gasteiger partial charge in [0.2, 0.25) is 11.8 Å². The van der Waals surface area contributed by atoms with E-state index in [0.717, 1.165) is 22.6 Å². The second kappa shape index (κ2) is 10.1. The molecule has 0 saturated carbocycles. The maximum Gasteiger partial charge on any atom is 0.238 e. The maximum absolute atomic E-state index is 12.5. The van der Waals surface area contributed by atoms with Gasteiger partial charge in [0.1, 0.15) is 5.75 Å². The first kappa shape index (κ1) is 20.9. The molecule has 2 aromatic rings. The van der Waals surface area contributed by atoms with Gasteiger partial charge in [-0.15, -0.1) is 0 Å². The van der Waals surface area contributed by atoms with E-state index in [1.807, 2.05) is 67.3 Å². The Morgan fingerprint density at radius 2 is 1.72 bits per heavy atom. The number of carbonyl (C=O) groups is 2. The number of carbonyl (C=O) groups excluding carboxylic acids is 2. The fourth-order valence-electron chi connectivity index (χ4n) is 3.35. The molecule has 2 amide bonds. The lowest BCUT2D eigenvalue weighted by molar-refractivity contribution is -0.133. The van der Waals surface area contributed by atoms with Gasteiger partial charge >= 0.3 is 0 Å². The molecule has 29 heavy (non-hydrogen) atoms. The summed E-state index contributed by atoms with van der Waals surface area (Å²) in [5, 5.41) is 2.90. The number of rotatable bonds is 7. The number of para-hydroxylation sites is 1. The van der Waals surface area contributed by atoms with Crippen LogP contribution in [0, 0.1) is 13.8 Å². The Balaban J connectivity index is 1.37. The summed E-state index contributed by atoms with van der Waals surface area (Å²) < 4.78 is 5.80. The van der Waals surface area contributed by atoms with Crippen molar-refractivity contribution in [3.63, 3.8) is 0 Å². The van der Waals surface area contributed by atoms with Crippen LogP contribution in [0.4, 0.5) is 5.69 Å². The summed E-state index contributed by atoms with van der Waals surface area (Å²) in [5.74, 6) is 0.911. The predicted molar refractivity (Wildman–Crippen MR) is 114 cm³/mol. The van der Waals surface area contributed by atoms with Gasteiger partial charge < -0.3 is 15.0 Å². The Bertz CT molecular complexity index is 831. The Morgan fingerprint density at radius 3 is 2.45 bits per heavy atom. The topological polar surface area (TPSA) is 61.9 Å². The summed E-state index contributed by atoms with van der Waals surface area (Å²) in [5.41, 5.74) is 3.02. The van der Waals surface area contributed by atoms with Crippen LogP contribution in [-0.4, -0.2) is 60.9 Å². The summed E-state index contributed by atoms with van der Waals surface area (Å²) in [7, 11) is 0. The molecule has 3 rings (SSSR count). The third kappa shape index (κ3) is 6.32. The Hall–Kier alpha value is -2.86. The minimum atomic E-state index is -0.0297. The van der Waals surface area contributed by atoms with Gasteiger partial charge in [0.25, 0.3) is 0 Å². The summed E-state index contributed by atoms with van der Waals surface area (Å²) >= 11 is 0. The van der Waals surface area contributed by atoms with Crippen LogP contribution < -0.4 is 10.1 Å². The smallest absolute Gasteiger partial charge is 0.238 e. The number of piperazine rings is 1. The van der Waals surface area contributed by atoms with E-state index in [-0.39, 0.29) is 11.8 Å². The molecule has 1 N–H and O–H groups in total. The van der Waals surface area contributed by atoms with Crippen molar-refractivity contribution in [3.8, 4) is 5.75 Å². The van der Waals surface area contributed by atoms with E-state index in [0.29, 0.717) is 45.8 Å². The Kier molecular flexibility index (Phi) is 7.25. The highest BCUT2D eigenvalue weighted by Gasteiger charge is 2.22. The molecule has 6 nitrogen and oxygen atoms in total. The summed E-state index contributed by atoms with van der Waals surface area (Å²) in [4.78, 5) is 28.6. The van der Waals surface area contributed by atoms with Gasteiger partial charge in [0.15, 0.2) is 0 Å². The number of hydrogen-bond donors (Lipinski definition) is 1. The van der Waals surface area contributed by atoms with Crippen molar-refractivity contribution in [3.05, 3.63) is 59.7 Å². The number of benzene rings is 2. The van der Waals surface area contributed by atoms with Crippen LogP contribution >= 0.6 is 0 Å². The van der Waals surface area contributed by atoms with E-state index in [1.54, 1.807) is 0 Å². The molecule has 0 spiro atoms. The molecule has 1 saturated heterocycles. The van der Waals surface area contributed by atoms with Gasteiger partial charge in [-0.2, -0.15) is 0 Å². The molecule has 0 radical (unpaired) electrons. The van der Waals surface area contributed by atoms with Crippen molar-refractivity contribution >= 4 is 17.5 Å². The Morgan fingerprint density at radius 1 is 1.00 bits per heavy atom. The van der Waals surface area contributed by atoms with E-state index >= 15 is 0 Å². The molecule has 2 aromatic carbocycles. The highest BCUT2D eigenvalue weighted by molar-refractivity contribution is 5.92. The predicted octanol–water partition coefficient (Wildman–Crippen LogP) is 2.86. The molecule has 0 atom stereocenters. The lowest BCUT2D eigenvalue weighted by Gasteiger charge is -2.34. The highest BCUT2D eigenvalue weighted by Crippen LogP contribution is 2.19. The molecule has 0 bridgehead atoms. The van der Waals surface area contributed by atoms with Crippen molar-refractivity contribution in [1.29, 1.82) is 0 Å². The summed E-state index contributed by atoms with van der Waals surface area (Å²) in [6.45, 7) is 7.43. The number of aryl methyl sites for hydroxylation is 2. The average Bonchev–Trinajstić information content (AvgIpc) is 2.71. The first-order valence-electron chi connectivity index (χ1n) is 10.1. The third-order valence-electron chi connectivity index (χ3n) is 5.07. The summed E-state index contributed by atoms with van der Waals surface area (Å²) in [6, 6.07) is 15.5. The number of amides is 2. The molecule has 6 heteroatoms. The first-order chi connectivity index (χ1) is 14.0. The zero-order valence-electron chi connectivity index (χ0n) is 17.2. The SMILES string of the molecule is Cc1ccc(C)c(OCCC(=O)N2CCN(CC(=O)Nc3ccccc3)CC2)c1. The molecule has 0 unspecified atom stereocenters. The van der Waals surface area contributed by atoms with Gasteiger partial charge in [-0.05, 0) is 43.2 Å². The van der Waals surface area contributed by atoms with Gasteiger partial charge in [-0.25, -0.2) is 0 Å². The van der Waals surface area contributed by atoms with Gasteiger partial charge in [0.05, 0.1) is 19.6 Å². The van der Waals surface area contributed by atoms with E-state index in [2.05, 4.69) is 10.2 Å². The van der Waals surface area contributed by atoms with Crippen LogP contribution in [0.5, 0.6) is 5.75 Å². The second-order valence-electron chi connectivity index (χ2n) is 7.44. The number of anilines is 1. The molecular formula is C23H29N3O3. The lowest BCUT2D eigenvalue weighted by atomic mass is 10.1. The quantitative estimate of drug-likeness (QED) is 0.783. The van der Waals surface area contributed by atoms with Gasteiger partial charge in [-0.3, -0.25) is 14.5 Å². The normalized spacial score (nSPS) is 14.5. The zero-order chi connectivity index (χ0) is 20.6. The molecule has 1 heterocycles. The van der Waals surface area contributed by atoms with E-state index in [9.17, 15) is 9.59 Å². The fraction of sp³-hybridized carbons (Fsp3) is 0.391. The largest absolute Gasteiger partial charge is 0.493 e. The van der Waals surface area contributed by atoms with E-state index < -0.39 is 0 Å². The minimum Gasteiger partial charge on any atom is -0.493 e. The van der Waals surface area contributed by atoms with Crippen LogP contribution in [-0.2, 0) is 9.59 Å². The van der Waals surface area contributed by atoms with Gasteiger partial charge in [-0.1, -0.05) is 30.3 Å². The van der Waals surface area contributed by atoms with Gasteiger partial charge in [0, 0.05) is 31.9 Å². The van der Waals surface area contributed by atoms with Crippen LogP contribution in [0.2, 0.25) is 0 Å². The average molecular weight is 396 g/mol. The monoisotopic (exact) mass is 395 g/mol. The molecule has 0 aromatic heterocycles. The third-order valence-corrected chi connectivity index (χ3v) is 5.07. The van der Waals surface area contributed by atoms with Crippen LogP contribution in [0.15, 0.2) is 48.5 Å². The molecular weight excluding hydrogens is 366 g/mol. The summed E-state index contributed by atoms with van der Waals surface area (Å²) in [6.07, 6.45) is 0.363. The van der Waals surface area contributed by atoms with Crippen LogP contribution in [0.1, 0.15) is 17.5 Å². The van der Waals surface area contributed by atoms with Crippen molar-refractivity contribution in [2.75, 3.05) is 44.6 Å². The molecule has 1 aliphatic heterocycles. The molecule has 0 aliphatic carbocycles. The zero-order valence-corrected chi connectivity index (χ0v) is 17.2. The second-order valence-corrected chi connectivity index (χ2v) is 7.44. The fourth-order valence-corrected chi connectivity index (χ4v) is 3.35. The minimum absolute atomic E-state index is 0.0297.